The molecule has 0 radical (unpaired) electrons. The average molecular weight is 211 g/mol. The van der Waals surface area contributed by atoms with Crippen LogP contribution in [0.3, 0.4) is 0 Å². The molecular formula is C12H25N3. The van der Waals surface area contributed by atoms with Gasteiger partial charge in [0, 0.05) is 38.8 Å². The summed E-state index contributed by atoms with van der Waals surface area (Å²) < 4.78 is 0. The van der Waals surface area contributed by atoms with Gasteiger partial charge in [-0.2, -0.15) is 0 Å². The first-order chi connectivity index (χ1) is 7.13. The molecule has 0 aliphatic carbocycles. The molecule has 15 heavy (non-hydrogen) atoms. The normalized spacial score (nSPS) is 24.3. The molecule has 3 heteroatoms. The molecule has 0 bridgehead atoms. The van der Waals surface area contributed by atoms with E-state index in [4.69, 9.17) is 0 Å². The fourth-order valence-corrected chi connectivity index (χ4v) is 1.86. The van der Waals surface area contributed by atoms with E-state index in [2.05, 4.69) is 42.7 Å². The van der Waals surface area contributed by atoms with Crippen molar-refractivity contribution in [3.63, 3.8) is 0 Å². The lowest BCUT2D eigenvalue weighted by molar-refractivity contribution is 0.114. The maximum Gasteiger partial charge on any atom is 0.0345 e. The molecule has 1 aliphatic rings. The average Bonchev–Trinajstić information content (AvgIpc) is 2.23. The van der Waals surface area contributed by atoms with E-state index in [0.29, 0.717) is 6.04 Å². The number of likely N-dealkylation sites (N-methyl/N-ethyl adjacent to an activating group) is 2. The van der Waals surface area contributed by atoms with Crippen LogP contribution in [-0.4, -0.2) is 62.7 Å². The van der Waals surface area contributed by atoms with Gasteiger partial charge in [0.1, 0.15) is 0 Å². The summed E-state index contributed by atoms with van der Waals surface area (Å²) in [4.78, 5) is 4.85. The minimum absolute atomic E-state index is 0.647. The number of rotatable bonds is 5. The highest BCUT2D eigenvalue weighted by Crippen LogP contribution is 2.04. The molecule has 1 rings (SSSR count). The summed E-state index contributed by atoms with van der Waals surface area (Å²) in [6.45, 7) is 11.7. The van der Waals surface area contributed by atoms with E-state index in [0.717, 1.165) is 19.5 Å². The Kier molecular flexibility index (Phi) is 5.29. The van der Waals surface area contributed by atoms with Crippen molar-refractivity contribution in [3.05, 3.63) is 12.2 Å². The molecule has 3 nitrogen and oxygen atoms in total. The summed E-state index contributed by atoms with van der Waals surface area (Å²) in [6.07, 6.45) is 1.08. The molecule has 1 heterocycles. The topological polar surface area (TPSA) is 18.5 Å². The summed E-state index contributed by atoms with van der Waals surface area (Å²) in [7, 11) is 4.42. The molecule has 0 saturated carbocycles. The second-order valence-electron chi connectivity index (χ2n) is 4.63. The van der Waals surface area contributed by atoms with Crippen LogP contribution in [0.25, 0.3) is 0 Å². The molecule has 0 spiro atoms. The third-order valence-electron chi connectivity index (χ3n) is 3.24. The molecule has 0 amide bonds. The molecule has 1 fully saturated rings. The van der Waals surface area contributed by atoms with Crippen LogP contribution in [0.4, 0.5) is 0 Å². The minimum atomic E-state index is 0.647. The van der Waals surface area contributed by atoms with Gasteiger partial charge in [-0.1, -0.05) is 19.1 Å². The number of hydrogen-bond donors (Lipinski definition) is 1. The first-order valence-corrected chi connectivity index (χ1v) is 5.89. The summed E-state index contributed by atoms with van der Waals surface area (Å²) in [6, 6.07) is 0.647. The zero-order valence-electron chi connectivity index (χ0n) is 10.4. The molecule has 1 saturated heterocycles. The zero-order valence-corrected chi connectivity index (χ0v) is 10.4. The Balaban J connectivity index is 2.21. The van der Waals surface area contributed by atoms with Crippen LogP contribution in [0, 0.1) is 0 Å². The number of piperazine rings is 1. The Bertz CT molecular complexity index is 203. The lowest BCUT2D eigenvalue weighted by Gasteiger charge is -2.37. The van der Waals surface area contributed by atoms with Gasteiger partial charge in [-0.3, -0.25) is 4.90 Å². The van der Waals surface area contributed by atoms with E-state index in [1.165, 1.54) is 25.2 Å². The Hall–Kier alpha value is -0.380. The highest BCUT2D eigenvalue weighted by Gasteiger charge is 2.21. The number of hydrogen-bond acceptors (Lipinski definition) is 3. The van der Waals surface area contributed by atoms with Gasteiger partial charge in [0.15, 0.2) is 0 Å². The van der Waals surface area contributed by atoms with E-state index in [1.807, 2.05) is 0 Å². The third kappa shape index (κ3) is 4.33. The van der Waals surface area contributed by atoms with Gasteiger partial charge < -0.3 is 10.2 Å². The van der Waals surface area contributed by atoms with Gasteiger partial charge in [-0.05, 0) is 20.5 Å². The van der Waals surface area contributed by atoms with Crippen LogP contribution in [0.5, 0.6) is 0 Å². The largest absolute Gasteiger partial charge is 0.311 e. The van der Waals surface area contributed by atoms with Crippen molar-refractivity contribution in [2.45, 2.75) is 19.4 Å². The van der Waals surface area contributed by atoms with Gasteiger partial charge in [-0.15, -0.1) is 0 Å². The fraction of sp³-hybridized carbons (Fsp3) is 0.833. The van der Waals surface area contributed by atoms with E-state index in [1.54, 1.807) is 0 Å². The highest BCUT2D eigenvalue weighted by molar-refractivity contribution is 4.95. The van der Waals surface area contributed by atoms with Gasteiger partial charge in [0.05, 0.1) is 0 Å². The van der Waals surface area contributed by atoms with Crippen LogP contribution in [-0.2, 0) is 0 Å². The van der Waals surface area contributed by atoms with E-state index >= 15 is 0 Å². The van der Waals surface area contributed by atoms with Gasteiger partial charge in [0.25, 0.3) is 0 Å². The Labute approximate surface area is 94.1 Å². The maximum absolute atomic E-state index is 4.00. The predicted octanol–water partition coefficient (Wildman–Crippen LogP) is 0.788. The summed E-state index contributed by atoms with van der Waals surface area (Å²) >= 11 is 0. The number of nitrogens with zero attached hydrogens (tertiary/aromatic N) is 2. The van der Waals surface area contributed by atoms with Crippen molar-refractivity contribution >= 4 is 0 Å². The Morgan fingerprint density at radius 2 is 2.13 bits per heavy atom. The van der Waals surface area contributed by atoms with Crippen molar-refractivity contribution in [1.29, 1.82) is 0 Å². The standard InChI is InChI=1S/C12H25N3/c1-5-11(2)8-13-9-12-10-14(3)6-7-15(12)4/h12-13H,2,5-10H2,1,3-4H3. The lowest BCUT2D eigenvalue weighted by Crippen LogP contribution is -2.53. The van der Waals surface area contributed by atoms with Gasteiger partial charge in [-0.25, -0.2) is 0 Å². The second-order valence-corrected chi connectivity index (χ2v) is 4.63. The Morgan fingerprint density at radius 3 is 2.80 bits per heavy atom. The Morgan fingerprint density at radius 1 is 1.40 bits per heavy atom. The van der Waals surface area contributed by atoms with Crippen LogP contribution in [0.1, 0.15) is 13.3 Å². The molecule has 1 N–H and O–H groups in total. The monoisotopic (exact) mass is 211 g/mol. The van der Waals surface area contributed by atoms with E-state index in [-0.39, 0.29) is 0 Å². The van der Waals surface area contributed by atoms with Crippen LogP contribution < -0.4 is 5.32 Å². The SMILES string of the molecule is C=C(CC)CNCC1CN(C)CCN1C. The van der Waals surface area contributed by atoms with Crippen LogP contribution in [0.15, 0.2) is 12.2 Å². The van der Waals surface area contributed by atoms with Crippen molar-refractivity contribution in [2.75, 3.05) is 46.8 Å². The van der Waals surface area contributed by atoms with Crippen molar-refractivity contribution in [2.24, 2.45) is 0 Å². The first kappa shape index (κ1) is 12.7. The second kappa shape index (κ2) is 6.26. The minimum Gasteiger partial charge on any atom is -0.311 e. The molecule has 1 aliphatic heterocycles. The lowest BCUT2D eigenvalue weighted by atomic mass is 10.1. The van der Waals surface area contributed by atoms with Crippen molar-refractivity contribution in [1.82, 2.24) is 15.1 Å². The summed E-state index contributed by atoms with van der Waals surface area (Å²) in [5, 5.41) is 3.49. The molecule has 1 unspecified atom stereocenters. The van der Waals surface area contributed by atoms with E-state index in [9.17, 15) is 0 Å². The quantitative estimate of drug-likeness (QED) is 0.678. The molecule has 88 valence electrons. The summed E-state index contributed by atoms with van der Waals surface area (Å²) in [5.74, 6) is 0. The summed E-state index contributed by atoms with van der Waals surface area (Å²) in [5.41, 5.74) is 1.29. The predicted molar refractivity (Wildman–Crippen MR) is 66.2 cm³/mol. The maximum atomic E-state index is 4.00. The molecular weight excluding hydrogens is 186 g/mol. The molecule has 0 aromatic heterocycles. The van der Waals surface area contributed by atoms with Crippen molar-refractivity contribution < 1.29 is 0 Å². The fourth-order valence-electron chi connectivity index (χ4n) is 1.86. The first-order valence-electron chi connectivity index (χ1n) is 5.89. The number of nitrogens with one attached hydrogen (secondary N) is 1. The van der Waals surface area contributed by atoms with Crippen LogP contribution in [0.2, 0.25) is 0 Å². The van der Waals surface area contributed by atoms with Gasteiger partial charge >= 0.3 is 0 Å². The van der Waals surface area contributed by atoms with Crippen molar-refractivity contribution in [3.8, 4) is 0 Å². The molecule has 1 atom stereocenters. The van der Waals surface area contributed by atoms with Crippen LogP contribution >= 0.6 is 0 Å². The third-order valence-corrected chi connectivity index (χ3v) is 3.24. The van der Waals surface area contributed by atoms with E-state index < -0.39 is 0 Å². The smallest absolute Gasteiger partial charge is 0.0345 e. The molecule has 0 aromatic carbocycles. The van der Waals surface area contributed by atoms with Gasteiger partial charge in [0.2, 0.25) is 0 Å². The highest BCUT2D eigenvalue weighted by atomic mass is 15.3. The molecule has 0 aromatic rings. The zero-order chi connectivity index (χ0) is 11.3.